The Balaban J connectivity index is 2.69. The molecule has 1 aromatic carbocycles. The number of carbonyl (C=O) groups is 1. The van der Waals surface area contributed by atoms with Gasteiger partial charge in [-0.1, -0.05) is 28.1 Å². The van der Waals surface area contributed by atoms with Crippen molar-refractivity contribution in [1.29, 1.82) is 0 Å². The molecule has 1 rings (SSSR count). The molecular weight excluding hydrogens is 284 g/mol. The van der Waals surface area contributed by atoms with Crippen molar-refractivity contribution in [3.63, 3.8) is 0 Å². The summed E-state index contributed by atoms with van der Waals surface area (Å²) in [5.41, 5.74) is 0.805. The van der Waals surface area contributed by atoms with Gasteiger partial charge in [-0.15, -0.1) is 0 Å². The van der Waals surface area contributed by atoms with Crippen LogP contribution in [0.4, 0.5) is 0 Å². The second kappa shape index (κ2) is 6.77. The molecule has 0 spiro atoms. The van der Waals surface area contributed by atoms with Crippen LogP contribution in [0.2, 0.25) is 0 Å². The monoisotopic (exact) mass is 300 g/mol. The highest BCUT2D eigenvalue weighted by molar-refractivity contribution is 9.10. The smallest absolute Gasteiger partial charge is 0.311 e. The van der Waals surface area contributed by atoms with Gasteiger partial charge in [0.1, 0.15) is 0 Å². The van der Waals surface area contributed by atoms with Gasteiger partial charge in [0.2, 0.25) is 0 Å². The summed E-state index contributed by atoms with van der Waals surface area (Å²) in [6.45, 7) is 4.34. The van der Waals surface area contributed by atoms with Crippen molar-refractivity contribution >= 4 is 21.9 Å². The summed E-state index contributed by atoms with van der Waals surface area (Å²) in [6, 6.07) is 7.40. The molecular formula is C13H17BrO3. The topological polar surface area (TPSA) is 46.5 Å². The minimum absolute atomic E-state index is 0.131. The van der Waals surface area contributed by atoms with E-state index in [4.69, 9.17) is 4.74 Å². The SMILES string of the molecule is CC(C)OCCC(C(=O)O)c1cccc(Br)c1. The van der Waals surface area contributed by atoms with Crippen LogP contribution >= 0.6 is 15.9 Å². The summed E-state index contributed by atoms with van der Waals surface area (Å²) in [5.74, 6) is -1.32. The number of hydrogen-bond donors (Lipinski definition) is 1. The van der Waals surface area contributed by atoms with E-state index in [0.29, 0.717) is 13.0 Å². The Morgan fingerprint density at radius 3 is 2.71 bits per heavy atom. The van der Waals surface area contributed by atoms with E-state index in [1.807, 2.05) is 38.1 Å². The van der Waals surface area contributed by atoms with E-state index in [-0.39, 0.29) is 6.10 Å². The highest BCUT2D eigenvalue weighted by atomic mass is 79.9. The third-order valence-electron chi connectivity index (χ3n) is 2.41. The van der Waals surface area contributed by atoms with Crippen molar-refractivity contribution in [2.75, 3.05) is 6.61 Å². The molecule has 4 heteroatoms. The summed E-state index contributed by atoms with van der Waals surface area (Å²) < 4.78 is 6.29. The van der Waals surface area contributed by atoms with Gasteiger partial charge in [-0.05, 0) is 38.0 Å². The number of halogens is 1. The predicted octanol–water partition coefficient (Wildman–Crippen LogP) is 3.43. The van der Waals surface area contributed by atoms with Crippen molar-refractivity contribution in [3.8, 4) is 0 Å². The predicted molar refractivity (Wildman–Crippen MR) is 70.2 cm³/mol. The average Bonchev–Trinajstić information content (AvgIpc) is 2.23. The minimum Gasteiger partial charge on any atom is -0.481 e. The van der Waals surface area contributed by atoms with Gasteiger partial charge in [0.05, 0.1) is 12.0 Å². The Kier molecular flexibility index (Phi) is 5.65. The molecule has 0 aromatic heterocycles. The van der Waals surface area contributed by atoms with E-state index in [1.165, 1.54) is 0 Å². The van der Waals surface area contributed by atoms with Gasteiger partial charge in [-0.25, -0.2) is 0 Å². The van der Waals surface area contributed by atoms with Gasteiger partial charge in [0.25, 0.3) is 0 Å². The second-order valence-electron chi connectivity index (χ2n) is 4.15. The van der Waals surface area contributed by atoms with Crippen LogP contribution in [-0.4, -0.2) is 23.8 Å². The second-order valence-corrected chi connectivity index (χ2v) is 5.07. The van der Waals surface area contributed by atoms with Crippen molar-refractivity contribution in [3.05, 3.63) is 34.3 Å². The van der Waals surface area contributed by atoms with Crippen LogP contribution in [0.1, 0.15) is 31.7 Å². The zero-order valence-electron chi connectivity index (χ0n) is 10.0. The van der Waals surface area contributed by atoms with E-state index in [2.05, 4.69) is 15.9 Å². The van der Waals surface area contributed by atoms with Crippen LogP contribution < -0.4 is 0 Å². The largest absolute Gasteiger partial charge is 0.481 e. The van der Waals surface area contributed by atoms with Crippen LogP contribution in [0, 0.1) is 0 Å². The van der Waals surface area contributed by atoms with Gasteiger partial charge in [-0.2, -0.15) is 0 Å². The molecule has 0 fully saturated rings. The quantitative estimate of drug-likeness (QED) is 0.875. The summed E-state index contributed by atoms with van der Waals surface area (Å²) >= 11 is 3.35. The highest BCUT2D eigenvalue weighted by Crippen LogP contribution is 2.23. The Morgan fingerprint density at radius 2 is 2.18 bits per heavy atom. The Labute approximate surface area is 110 Å². The minimum atomic E-state index is -0.810. The fraction of sp³-hybridized carbons (Fsp3) is 0.462. The average molecular weight is 301 g/mol. The van der Waals surface area contributed by atoms with Crippen molar-refractivity contribution < 1.29 is 14.6 Å². The van der Waals surface area contributed by atoms with E-state index in [1.54, 1.807) is 0 Å². The molecule has 1 unspecified atom stereocenters. The Hall–Kier alpha value is -0.870. The van der Waals surface area contributed by atoms with Crippen molar-refractivity contribution in [2.45, 2.75) is 32.3 Å². The molecule has 0 amide bonds. The first kappa shape index (κ1) is 14.2. The zero-order valence-corrected chi connectivity index (χ0v) is 11.6. The van der Waals surface area contributed by atoms with Gasteiger partial charge < -0.3 is 9.84 Å². The normalized spacial score (nSPS) is 12.7. The number of hydrogen-bond acceptors (Lipinski definition) is 2. The molecule has 3 nitrogen and oxygen atoms in total. The number of benzene rings is 1. The van der Waals surface area contributed by atoms with Crippen LogP contribution in [-0.2, 0) is 9.53 Å². The lowest BCUT2D eigenvalue weighted by Crippen LogP contribution is -2.15. The van der Waals surface area contributed by atoms with E-state index in [9.17, 15) is 9.90 Å². The van der Waals surface area contributed by atoms with E-state index in [0.717, 1.165) is 10.0 Å². The third kappa shape index (κ3) is 4.88. The molecule has 17 heavy (non-hydrogen) atoms. The lowest BCUT2D eigenvalue weighted by atomic mass is 9.96. The lowest BCUT2D eigenvalue weighted by molar-refractivity contribution is -0.139. The van der Waals surface area contributed by atoms with Gasteiger partial charge >= 0.3 is 5.97 Å². The fourth-order valence-electron chi connectivity index (χ4n) is 1.58. The van der Waals surface area contributed by atoms with E-state index >= 15 is 0 Å². The number of aliphatic carboxylic acids is 1. The molecule has 1 aromatic rings. The van der Waals surface area contributed by atoms with Crippen LogP contribution in [0.15, 0.2) is 28.7 Å². The van der Waals surface area contributed by atoms with Gasteiger partial charge in [0, 0.05) is 11.1 Å². The fourth-order valence-corrected chi connectivity index (χ4v) is 1.99. The van der Waals surface area contributed by atoms with Crippen LogP contribution in [0.5, 0.6) is 0 Å². The number of carboxylic acids is 1. The third-order valence-corrected chi connectivity index (χ3v) is 2.90. The molecule has 94 valence electrons. The van der Waals surface area contributed by atoms with Gasteiger partial charge in [0.15, 0.2) is 0 Å². The first-order valence-corrected chi connectivity index (χ1v) is 6.40. The molecule has 1 atom stereocenters. The maximum Gasteiger partial charge on any atom is 0.311 e. The first-order chi connectivity index (χ1) is 8.00. The molecule has 0 aliphatic carbocycles. The summed E-state index contributed by atoms with van der Waals surface area (Å²) in [7, 11) is 0. The summed E-state index contributed by atoms with van der Waals surface area (Å²) in [6.07, 6.45) is 0.621. The molecule has 0 saturated heterocycles. The molecule has 0 aliphatic heterocycles. The van der Waals surface area contributed by atoms with Crippen molar-refractivity contribution in [1.82, 2.24) is 0 Å². The number of ether oxygens (including phenoxy) is 1. The Morgan fingerprint density at radius 1 is 1.47 bits per heavy atom. The zero-order chi connectivity index (χ0) is 12.8. The number of carboxylic acid groups (broad SMARTS) is 1. The molecule has 1 N–H and O–H groups in total. The number of rotatable bonds is 6. The maximum atomic E-state index is 11.2. The van der Waals surface area contributed by atoms with Crippen LogP contribution in [0.3, 0.4) is 0 Å². The molecule has 0 heterocycles. The highest BCUT2D eigenvalue weighted by Gasteiger charge is 2.19. The van der Waals surface area contributed by atoms with Crippen molar-refractivity contribution in [2.24, 2.45) is 0 Å². The molecule has 0 radical (unpaired) electrons. The lowest BCUT2D eigenvalue weighted by Gasteiger charge is -2.14. The first-order valence-electron chi connectivity index (χ1n) is 5.60. The standard InChI is InChI=1S/C13H17BrO3/c1-9(2)17-7-6-12(13(15)16)10-4-3-5-11(14)8-10/h3-5,8-9,12H,6-7H2,1-2H3,(H,15,16). The maximum absolute atomic E-state index is 11.2. The Bertz CT molecular complexity index is 377. The summed E-state index contributed by atoms with van der Waals surface area (Å²) in [4.78, 5) is 11.2. The molecule has 0 bridgehead atoms. The molecule has 0 saturated carbocycles. The van der Waals surface area contributed by atoms with Gasteiger partial charge in [-0.3, -0.25) is 4.79 Å². The van der Waals surface area contributed by atoms with E-state index < -0.39 is 11.9 Å². The molecule has 0 aliphatic rings. The van der Waals surface area contributed by atoms with Crippen LogP contribution in [0.25, 0.3) is 0 Å². The summed E-state index contributed by atoms with van der Waals surface area (Å²) in [5, 5.41) is 9.21.